The fourth-order valence-electron chi connectivity index (χ4n) is 0.994. The van der Waals surface area contributed by atoms with Gasteiger partial charge in [0.15, 0.2) is 0 Å². The molecule has 0 unspecified atom stereocenters. The lowest BCUT2D eigenvalue weighted by atomic mass is 10.00. The average molecular weight is 216 g/mol. The summed E-state index contributed by atoms with van der Waals surface area (Å²) in [7, 11) is 0. The van der Waals surface area contributed by atoms with Crippen molar-refractivity contribution < 1.29 is 9.90 Å². The standard InChI is InChI=1S/C9H18O.C4H10O/c1-7(2)5-9(10)6-8(3)4;1-4(2)3-5/h7-8H,5-6H2,1-4H3;4-5H,3H2,1-2H3. The van der Waals surface area contributed by atoms with Crippen LogP contribution in [0.1, 0.15) is 54.4 Å². The van der Waals surface area contributed by atoms with E-state index in [4.69, 9.17) is 5.11 Å². The van der Waals surface area contributed by atoms with Crippen LogP contribution in [0.5, 0.6) is 0 Å². The number of aliphatic hydroxyl groups is 1. The minimum absolute atomic E-state index is 0.306. The minimum atomic E-state index is 0.306. The van der Waals surface area contributed by atoms with Crippen molar-refractivity contribution in [1.29, 1.82) is 0 Å². The zero-order valence-corrected chi connectivity index (χ0v) is 11.2. The van der Waals surface area contributed by atoms with Crippen LogP contribution in [0.3, 0.4) is 0 Å². The molecule has 0 aromatic carbocycles. The Morgan fingerprint density at radius 1 is 0.867 bits per heavy atom. The van der Waals surface area contributed by atoms with Crippen LogP contribution in [0.25, 0.3) is 0 Å². The number of carbonyl (C=O) groups excluding carboxylic acids is 1. The molecule has 0 radical (unpaired) electrons. The molecule has 0 aromatic rings. The smallest absolute Gasteiger partial charge is 0.133 e. The molecule has 15 heavy (non-hydrogen) atoms. The van der Waals surface area contributed by atoms with E-state index in [0.29, 0.717) is 30.1 Å². The third-order valence-electron chi connectivity index (χ3n) is 1.64. The van der Waals surface area contributed by atoms with Crippen molar-refractivity contribution in [2.45, 2.75) is 54.4 Å². The molecule has 92 valence electrons. The van der Waals surface area contributed by atoms with Gasteiger partial charge in [0.1, 0.15) is 5.78 Å². The molecule has 1 N–H and O–H groups in total. The van der Waals surface area contributed by atoms with Crippen molar-refractivity contribution >= 4 is 5.78 Å². The van der Waals surface area contributed by atoms with E-state index in [1.54, 1.807) is 0 Å². The molecule has 0 aromatic heterocycles. The largest absolute Gasteiger partial charge is 0.396 e. The first-order valence-corrected chi connectivity index (χ1v) is 5.92. The third kappa shape index (κ3) is 19.9. The number of aliphatic hydroxyl groups excluding tert-OH is 1. The normalized spacial score (nSPS) is 10.5. The van der Waals surface area contributed by atoms with Crippen molar-refractivity contribution in [3.63, 3.8) is 0 Å². The number of hydrogen-bond acceptors (Lipinski definition) is 2. The molecule has 2 heteroatoms. The predicted octanol–water partition coefficient (Wildman–Crippen LogP) is 3.28. The van der Waals surface area contributed by atoms with Gasteiger partial charge in [0.25, 0.3) is 0 Å². The van der Waals surface area contributed by atoms with Gasteiger partial charge in [-0.05, 0) is 17.8 Å². The highest BCUT2D eigenvalue weighted by Crippen LogP contribution is 2.07. The second-order valence-corrected chi connectivity index (χ2v) is 5.31. The summed E-state index contributed by atoms with van der Waals surface area (Å²) in [5, 5.41) is 8.14. The molecule has 0 saturated heterocycles. The second-order valence-electron chi connectivity index (χ2n) is 5.31. The molecule has 0 heterocycles. The van der Waals surface area contributed by atoms with Gasteiger partial charge in [-0.1, -0.05) is 41.5 Å². The summed E-state index contributed by atoms with van der Waals surface area (Å²) in [5.41, 5.74) is 0. The van der Waals surface area contributed by atoms with Crippen LogP contribution in [0.2, 0.25) is 0 Å². The van der Waals surface area contributed by atoms with Gasteiger partial charge in [-0.15, -0.1) is 0 Å². The first-order valence-electron chi connectivity index (χ1n) is 5.92. The monoisotopic (exact) mass is 216 g/mol. The summed E-state index contributed by atoms with van der Waals surface area (Å²) in [5.74, 6) is 1.89. The number of ketones is 1. The van der Waals surface area contributed by atoms with Gasteiger partial charge >= 0.3 is 0 Å². The maximum atomic E-state index is 11.1. The molecule has 2 nitrogen and oxygen atoms in total. The van der Waals surface area contributed by atoms with Crippen molar-refractivity contribution in [2.24, 2.45) is 17.8 Å². The molecule has 0 saturated carbocycles. The Morgan fingerprint density at radius 3 is 1.27 bits per heavy atom. The highest BCUT2D eigenvalue weighted by molar-refractivity contribution is 5.78. The van der Waals surface area contributed by atoms with Gasteiger partial charge < -0.3 is 5.11 Å². The number of rotatable bonds is 5. The summed E-state index contributed by atoms with van der Waals surface area (Å²) in [6.45, 7) is 12.6. The minimum Gasteiger partial charge on any atom is -0.396 e. The quantitative estimate of drug-likeness (QED) is 0.765. The zero-order chi connectivity index (χ0) is 12.4. The first kappa shape index (κ1) is 17.0. The van der Waals surface area contributed by atoms with Crippen molar-refractivity contribution in [1.82, 2.24) is 0 Å². The Hall–Kier alpha value is -0.370. The average Bonchev–Trinajstić information content (AvgIpc) is 2.01. The van der Waals surface area contributed by atoms with E-state index in [2.05, 4.69) is 27.7 Å². The Labute approximate surface area is 95.1 Å². The molecule has 0 rings (SSSR count). The van der Waals surface area contributed by atoms with Gasteiger partial charge in [-0.2, -0.15) is 0 Å². The van der Waals surface area contributed by atoms with E-state index >= 15 is 0 Å². The SMILES string of the molecule is CC(C)CC(=O)CC(C)C.CC(C)CO. The number of hydrogen-bond donors (Lipinski definition) is 1. The van der Waals surface area contributed by atoms with Crippen LogP contribution >= 0.6 is 0 Å². The molecular weight excluding hydrogens is 188 g/mol. The molecule has 0 aliphatic carbocycles. The Kier molecular flexibility index (Phi) is 11.5. The van der Waals surface area contributed by atoms with Crippen LogP contribution in [0.4, 0.5) is 0 Å². The fourth-order valence-corrected chi connectivity index (χ4v) is 0.994. The lowest BCUT2D eigenvalue weighted by Crippen LogP contribution is -2.05. The molecule has 0 fully saturated rings. The van der Waals surface area contributed by atoms with Crippen molar-refractivity contribution in [3.05, 3.63) is 0 Å². The van der Waals surface area contributed by atoms with Crippen LogP contribution in [0.15, 0.2) is 0 Å². The fraction of sp³-hybridized carbons (Fsp3) is 0.923. The summed E-state index contributed by atoms with van der Waals surface area (Å²) in [6.07, 6.45) is 1.50. The molecule has 0 spiro atoms. The zero-order valence-electron chi connectivity index (χ0n) is 11.2. The molecule has 0 atom stereocenters. The van der Waals surface area contributed by atoms with Gasteiger partial charge in [-0.25, -0.2) is 0 Å². The van der Waals surface area contributed by atoms with Crippen LogP contribution in [-0.2, 0) is 4.79 Å². The van der Waals surface area contributed by atoms with Gasteiger partial charge in [-0.3, -0.25) is 4.79 Å². The maximum Gasteiger partial charge on any atom is 0.133 e. The predicted molar refractivity (Wildman–Crippen MR) is 65.8 cm³/mol. The summed E-state index contributed by atoms with van der Waals surface area (Å²) < 4.78 is 0. The van der Waals surface area contributed by atoms with Crippen LogP contribution in [0, 0.1) is 17.8 Å². The van der Waals surface area contributed by atoms with Gasteiger partial charge in [0.2, 0.25) is 0 Å². The van der Waals surface area contributed by atoms with Crippen LogP contribution < -0.4 is 0 Å². The molecule has 0 amide bonds. The van der Waals surface area contributed by atoms with E-state index in [0.717, 1.165) is 12.8 Å². The lowest BCUT2D eigenvalue weighted by molar-refractivity contribution is -0.120. The van der Waals surface area contributed by atoms with E-state index in [9.17, 15) is 4.79 Å². The topological polar surface area (TPSA) is 37.3 Å². The van der Waals surface area contributed by atoms with Gasteiger partial charge in [0.05, 0.1) is 0 Å². The highest BCUT2D eigenvalue weighted by Gasteiger charge is 2.06. The van der Waals surface area contributed by atoms with Crippen molar-refractivity contribution in [3.8, 4) is 0 Å². The van der Waals surface area contributed by atoms with E-state index < -0.39 is 0 Å². The number of Topliss-reactive ketones (excluding diaryl/α,β-unsaturated/α-hetero) is 1. The van der Waals surface area contributed by atoms with Crippen molar-refractivity contribution in [2.75, 3.05) is 6.61 Å². The molecule has 0 aliphatic heterocycles. The molecule has 0 aliphatic rings. The summed E-state index contributed by atoms with van der Waals surface area (Å²) in [4.78, 5) is 11.1. The lowest BCUT2D eigenvalue weighted by Gasteiger charge is -2.05. The number of carbonyl (C=O) groups is 1. The maximum absolute atomic E-state index is 11.1. The molecular formula is C13H28O2. The third-order valence-corrected chi connectivity index (χ3v) is 1.64. The first-order chi connectivity index (χ1) is 6.79. The Balaban J connectivity index is 0. The Bertz CT molecular complexity index is 137. The van der Waals surface area contributed by atoms with E-state index in [-0.39, 0.29) is 0 Å². The molecule has 0 bridgehead atoms. The Morgan fingerprint density at radius 2 is 1.13 bits per heavy atom. The second kappa shape index (κ2) is 10.2. The van der Waals surface area contributed by atoms with E-state index in [1.807, 2.05) is 13.8 Å². The highest BCUT2D eigenvalue weighted by atomic mass is 16.3. The summed E-state index contributed by atoms with van der Waals surface area (Å²) in [6, 6.07) is 0. The van der Waals surface area contributed by atoms with Gasteiger partial charge in [0, 0.05) is 19.4 Å². The van der Waals surface area contributed by atoms with E-state index in [1.165, 1.54) is 0 Å². The van der Waals surface area contributed by atoms with Crippen LogP contribution in [-0.4, -0.2) is 17.5 Å². The summed E-state index contributed by atoms with van der Waals surface area (Å²) >= 11 is 0.